The zero-order valence-electron chi connectivity index (χ0n) is 18.6. The average molecular weight is 643 g/mol. The van der Waals surface area contributed by atoms with Crippen molar-refractivity contribution in [2.24, 2.45) is 0 Å². The summed E-state index contributed by atoms with van der Waals surface area (Å²) in [4.78, 5) is 23.7. The number of carbonyl (C=O) groups is 2. The first-order valence-electron chi connectivity index (χ1n) is 10.3. The lowest BCUT2D eigenvalue weighted by molar-refractivity contribution is -0.140. The van der Waals surface area contributed by atoms with Gasteiger partial charge in [-0.05, 0) is 45.8 Å². The molecule has 1 N–H and O–H groups in total. The van der Waals surface area contributed by atoms with Crippen LogP contribution in [0.3, 0.4) is 0 Å². The Labute approximate surface area is 222 Å². The summed E-state index contributed by atoms with van der Waals surface area (Å²) in [6.45, 7) is -1.71. The molecule has 0 radical (unpaired) electrons. The zero-order valence-corrected chi connectivity index (χ0v) is 20.9. The van der Waals surface area contributed by atoms with Gasteiger partial charge in [-0.3, -0.25) is 9.59 Å². The van der Waals surface area contributed by atoms with E-state index >= 15 is 0 Å². The summed E-state index contributed by atoms with van der Waals surface area (Å²) in [7, 11) is 0. The summed E-state index contributed by atoms with van der Waals surface area (Å²) in [5.74, 6) is -6.78. The summed E-state index contributed by atoms with van der Waals surface area (Å²) < 4.78 is 133. The van der Waals surface area contributed by atoms with Gasteiger partial charge >= 0.3 is 18.5 Å². The molecule has 0 fully saturated rings. The molecule has 208 valence electrons. The van der Waals surface area contributed by atoms with E-state index in [1.54, 1.807) is 0 Å². The summed E-state index contributed by atoms with van der Waals surface area (Å²) in [6.07, 6.45) is -16.8. The molecule has 0 saturated heterocycles. The van der Waals surface area contributed by atoms with E-state index in [0.717, 1.165) is 18.2 Å². The van der Waals surface area contributed by atoms with E-state index in [1.807, 2.05) is 0 Å². The molecule has 0 aliphatic heterocycles. The average Bonchev–Trinajstić information content (AvgIpc) is 2.79. The third kappa shape index (κ3) is 9.00. The van der Waals surface area contributed by atoms with Crippen LogP contribution in [0.5, 0.6) is 0 Å². The number of allylic oxidation sites excluding steroid dienone is 1. The summed E-state index contributed by atoms with van der Waals surface area (Å²) in [6, 6.07) is 4.33. The number of rotatable bonds is 8. The molecular formula is C23H15BrClF10NO2. The molecule has 0 aliphatic carbocycles. The maximum Gasteiger partial charge on any atom is 0.417 e. The highest BCUT2D eigenvalue weighted by Crippen LogP contribution is 2.41. The Morgan fingerprint density at radius 1 is 0.947 bits per heavy atom. The number of halogens is 12. The molecule has 2 aromatic rings. The highest BCUT2D eigenvalue weighted by atomic mass is 79.9. The van der Waals surface area contributed by atoms with Crippen LogP contribution in [0.2, 0.25) is 5.02 Å². The van der Waals surface area contributed by atoms with Gasteiger partial charge < -0.3 is 5.32 Å². The normalized spacial score (nSPS) is 13.8. The monoisotopic (exact) mass is 641 g/mol. The lowest BCUT2D eigenvalue weighted by Gasteiger charge is -2.19. The minimum Gasteiger partial charge on any atom is -0.347 e. The van der Waals surface area contributed by atoms with Gasteiger partial charge in [-0.15, -0.1) is 0 Å². The predicted molar refractivity (Wildman–Crippen MR) is 121 cm³/mol. The van der Waals surface area contributed by atoms with Gasteiger partial charge in [0.05, 0.1) is 10.6 Å². The third-order valence-corrected chi connectivity index (χ3v) is 6.15. The van der Waals surface area contributed by atoms with Crippen molar-refractivity contribution in [1.29, 1.82) is 0 Å². The minimum absolute atomic E-state index is 0.0621. The first kappa shape index (κ1) is 31.6. The lowest BCUT2D eigenvalue weighted by Crippen LogP contribution is -2.33. The fourth-order valence-electron chi connectivity index (χ4n) is 3.15. The molecule has 0 bridgehead atoms. The van der Waals surface area contributed by atoms with E-state index < -0.39 is 83.6 Å². The number of hydrogen-bond donors (Lipinski definition) is 1. The van der Waals surface area contributed by atoms with Crippen molar-refractivity contribution in [2.75, 3.05) is 6.54 Å². The SMILES string of the molecule is O=C(CCC(=O)c1ccc(/C(F)=C/C(c2ccc(Cl)c(Br)c2)C(F)(F)F)cc1C(F)(F)F)NCC(F)(F)F. The highest BCUT2D eigenvalue weighted by molar-refractivity contribution is 9.10. The topological polar surface area (TPSA) is 46.2 Å². The van der Waals surface area contributed by atoms with Crippen LogP contribution in [0.25, 0.3) is 5.83 Å². The quantitative estimate of drug-likeness (QED) is 0.232. The van der Waals surface area contributed by atoms with Crippen LogP contribution < -0.4 is 5.32 Å². The van der Waals surface area contributed by atoms with Crippen LogP contribution in [0.15, 0.2) is 46.9 Å². The zero-order chi connectivity index (χ0) is 29.1. The van der Waals surface area contributed by atoms with E-state index in [4.69, 9.17) is 11.6 Å². The number of hydrogen-bond acceptors (Lipinski definition) is 2. The molecule has 15 heteroatoms. The summed E-state index contributed by atoms with van der Waals surface area (Å²) >= 11 is 8.69. The molecule has 0 saturated carbocycles. The summed E-state index contributed by atoms with van der Waals surface area (Å²) in [5, 5.41) is 1.51. The van der Waals surface area contributed by atoms with Gasteiger partial charge in [0.25, 0.3) is 0 Å². The largest absolute Gasteiger partial charge is 0.417 e. The Morgan fingerprint density at radius 3 is 2.11 bits per heavy atom. The standard InChI is InChI=1S/C23H15BrClF10NO2/c24-16-8-11(2-4-17(16)25)14(22(30,31)32)9-18(26)12-1-3-13(15(7-12)23(33,34)35)19(37)5-6-20(38)36-10-21(27,28)29/h1-4,7-9,14H,5-6,10H2,(H,36,38)/b18-9-. The molecule has 1 atom stereocenters. The van der Waals surface area contributed by atoms with Crippen molar-refractivity contribution >= 4 is 45.0 Å². The van der Waals surface area contributed by atoms with Crippen molar-refractivity contribution in [2.45, 2.75) is 37.3 Å². The van der Waals surface area contributed by atoms with E-state index in [2.05, 4.69) is 15.9 Å². The first-order chi connectivity index (χ1) is 17.3. The molecule has 2 rings (SSSR count). The molecule has 0 aliphatic rings. The first-order valence-corrected chi connectivity index (χ1v) is 11.4. The van der Waals surface area contributed by atoms with E-state index in [0.29, 0.717) is 12.1 Å². The van der Waals surface area contributed by atoms with Crippen LogP contribution in [0.1, 0.15) is 45.8 Å². The number of amides is 1. The second kappa shape index (κ2) is 12.1. The Kier molecular flexibility index (Phi) is 10.0. The molecule has 1 unspecified atom stereocenters. The molecular weight excluding hydrogens is 628 g/mol. The van der Waals surface area contributed by atoms with Gasteiger partial charge in [-0.1, -0.05) is 29.8 Å². The maximum absolute atomic E-state index is 14.8. The number of Topliss-reactive ketones (excluding diaryl/α,β-unsaturated/α-hetero) is 1. The molecule has 0 spiro atoms. The van der Waals surface area contributed by atoms with Crippen LogP contribution >= 0.6 is 27.5 Å². The van der Waals surface area contributed by atoms with Crippen LogP contribution in [0.4, 0.5) is 43.9 Å². The Balaban J connectivity index is 2.38. The highest BCUT2D eigenvalue weighted by Gasteiger charge is 2.40. The Hall–Kier alpha value is -2.61. The number of alkyl halides is 9. The Bertz CT molecular complexity index is 1220. The number of nitrogens with one attached hydrogen (secondary N) is 1. The van der Waals surface area contributed by atoms with Gasteiger partial charge in [-0.25, -0.2) is 4.39 Å². The molecule has 0 aromatic heterocycles. The molecule has 2 aromatic carbocycles. The second-order valence-electron chi connectivity index (χ2n) is 7.78. The summed E-state index contributed by atoms with van der Waals surface area (Å²) in [5.41, 5.74) is -4.11. The molecule has 0 heterocycles. The smallest absolute Gasteiger partial charge is 0.347 e. The minimum atomic E-state index is -5.26. The van der Waals surface area contributed by atoms with Crippen molar-refractivity contribution in [1.82, 2.24) is 5.32 Å². The van der Waals surface area contributed by atoms with Crippen molar-refractivity contribution in [3.8, 4) is 0 Å². The van der Waals surface area contributed by atoms with E-state index in [1.165, 1.54) is 5.32 Å². The van der Waals surface area contributed by atoms with Crippen LogP contribution in [0, 0.1) is 0 Å². The Morgan fingerprint density at radius 2 is 1.58 bits per heavy atom. The molecule has 1 amide bonds. The van der Waals surface area contributed by atoms with Crippen molar-refractivity contribution < 1.29 is 53.5 Å². The van der Waals surface area contributed by atoms with Crippen LogP contribution in [-0.4, -0.2) is 30.6 Å². The van der Waals surface area contributed by atoms with Gasteiger partial charge in [-0.2, -0.15) is 39.5 Å². The van der Waals surface area contributed by atoms with Gasteiger partial charge in [0, 0.05) is 28.4 Å². The number of carbonyl (C=O) groups excluding carboxylic acids is 2. The number of benzene rings is 2. The van der Waals surface area contributed by atoms with Gasteiger partial charge in [0.15, 0.2) is 5.78 Å². The third-order valence-electron chi connectivity index (χ3n) is 4.93. The van der Waals surface area contributed by atoms with Gasteiger partial charge in [0.1, 0.15) is 18.3 Å². The molecule has 38 heavy (non-hydrogen) atoms. The molecule has 3 nitrogen and oxygen atoms in total. The maximum atomic E-state index is 14.8. The number of ketones is 1. The van der Waals surface area contributed by atoms with Crippen molar-refractivity contribution in [3.63, 3.8) is 0 Å². The van der Waals surface area contributed by atoms with Gasteiger partial charge in [0.2, 0.25) is 5.91 Å². The van der Waals surface area contributed by atoms with Crippen molar-refractivity contribution in [3.05, 3.63) is 74.2 Å². The fourth-order valence-corrected chi connectivity index (χ4v) is 3.66. The van der Waals surface area contributed by atoms with E-state index in [-0.39, 0.29) is 21.6 Å². The van der Waals surface area contributed by atoms with Crippen LogP contribution in [-0.2, 0) is 11.0 Å². The predicted octanol–water partition coefficient (Wildman–Crippen LogP) is 8.42. The lowest BCUT2D eigenvalue weighted by atomic mass is 9.94. The fraction of sp³-hybridized carbons (Fsp3) is 0.304. The van der Waals surface area contributed by atoms with E-state index in [9.17, 15) is 53.5 Å². The second-order valence-corrected chi connectivity index (χ2v) is 9.04.